The number of hydrogen-bond donors (Lipinski definition) is 1. The lowest BCUT2D eigenvalue weighted by molar-refractivity contribution is -0.137. The van der Waals surface area contributed by atoms with Crippen LogP contribution in [0.25, 0.3) is 0 Å². The molecule has 1 rings (SSSR count). The zero-order valence-corrected chi connectivity index (χ0v) is 8.94. The highest BCUT2D eigenvalue weighted by atomic mass is 79.9. The van der Waals surface area contributed by atoms with Crippen molar-refractivity contribution in [3.63, 3.8) is 0 Å². The summed E-state index contributed by atoms with van der Waals surface area (Å²) in [6.45, 7) is 0. The molecule has 1 atom stereocenters. The zero-order valence-electron chi connectivity index (χ0n) is 7.35. The number of hydrogen-bond acceptors (Lipinski definition) is 1. The lowest BCUT2D eigenvalue weighted by Crippen LogP contribution is -2.08. The molecule has 0 aromatic heterocycles. The van der Waals surface area contributed by atoms with Gasteiger partial charge in [-0.15, -0.1) is 0 Å². The Labute approximate surface area is 91.9 Å². The highest BCUT2D eigenvalue weighted by Crippen LogP contribution is 2.31. The van der Waals surface area contributed by atoms with Crippen LogP contribution in [-0.2, 0) is 6.18 Å². The second kappa shape index (κ2) is 4.49. The summed E-state index contributed by atoms with van der Waals surface area (Å²) in [5, 5.41) is 9.30. The number of alkyl halides is 4. The van der Waals surface area contributed by atoms with Gasteiger partial charge in [-0.3, -0.25) is 0 Å². The molecule has 0 aliphatic rings. The van der Waals surface area contributed by atoms with E-state index in [1.807, 2.05) is 0 Å². The van der Waals surface area contributed by atoms with Gasteiger partial charge in [0.25, 0.3) is 0 Å². The molecule has 0 radical (unpaired) electrons. The van der Waals surface area contributed by atoms with Gasteiger partial charge in [-0.2, -0.15) is 13.2 Å². The Balaban J connectivity index is 3.09. The molecule has 84 valence electrons. The third-order valence-electron chi connectivity index (χ3n) is 1.83. The first-order valence-corrected chi connectivity index (χ1v) is 5.09. The highest BCUT2D eigenvalue weighted by Gasteiger charge is 2.31. The summed E-state index contributed by atoms with van der Waals surface area (Å²) in [4.78, 5) is 0. The van der Waals surface area contributed by atoms with Crippen molar-refractivity contribution in [1.82, 2.24) is 0 Å². The van der Waals surface area contributed by atoms with Gasteiger partial charge >= 0.3 is 6.18 Å². The Hall–Kier alpha value is -0.620. The van der Waals surface area contributed by atoms with Crippen LogP contribution in [0.2, 0.25) is 0 Å². The second-order valence-corrected chi connectivity index (χ2v) is 3.55. The van der Waals surface area contributed by atoms with Gasteiger partial charge < -0.3 is 5.11 Å². The minimum Gasteiger partial charge on any atom is -0.387 e. The maximum atomic E-state index is 13.1. The summed E-state index contributed by atoms with van der Waals surface area (Å²) in [6, 6.07) is 2.05. The van der Waals surface area contributed by atoms with Crippen LogP contribution in [0.5, 0.6) is 0 Å². The normalized spacial score (nSPS) is 14.0. The van der Waals surface area contributed by atoms with Crippen LogP contribution in [0, 0.1) is 5.82 Å². The molecule has 0 bridgehead atoms. The number of benzene rings is 1. The summed E-state index contributed by atoms with van der Waals surface area (Å²) in [6.07, 6.45) is -5.72. The molecule has 0 heterocycles. The number of rotatable bonds is 2. The van der Waals surface area contributed by atoms with E-state index >= 15 is 0 Å². The molecule has 15 heavy (non-hydrogen) atoms. The van der Waals surface area contributed by atoms with E-state index in [2.05, 4.69) is 15.9 Å². The van der Waals surface area contributed by atoms with Crippen molar-refractivity contribution in [3.05, 3.63) is 35.1 Å². The molecule has 1 N–H and O–H groups in total. The molecular weight excluding hydrogens is 280 g/mol. The van der Waals surface area contributed by atoms with Crippen LogP contribution in [0.3, 0.4) is 0 Å². The fourth-order valence-electron chi connectivity index (χ4n) is 1.06. The lowest BCUT2D eigenvalue weighted by atomic mass is 10.1. The predicted molar refractivity (Wildman–Crippen MR) is 50.2 cm³/mol. The summed E-state index contributed by atoms with van der Waals surface area (Å²) in [5.74, 6) is -1.06. The third kappa shape index (κ3) is 2.92. The van der Waals surface area contributed by atoms with Crippen LogP contribution in [-0.4, -0.2) is 10.4 Å². The van der Waals surface area contributed by atoms with Crippen LogP contribution >= 0.6 is 15.9 Å². The van der Waals surface area contributed by atoms with Gasteiger partial charge in [-0.05, 0) is 12.1 Å². The summed E-state index contributed by atoms with van der Waals surface area (Å²) in [5.41, 5.74) is -1.22. The van der Waals surface area contributed by atoms with E-state index in [-0.39, 0.29) is 10.9 Å². The maximum absolute atomic E-state index is 13.1. The smallest absolute Gasteiger partial charge is 0.387 e. The molecule has 1 nitrogen and oxygen atoms in total. The second-order valence-electron chi connectivity index (χ2n) is 2.90. The van der Waals surface area contributed by atoms with Crippen LogP contribution in [0.1, 0.15) is 17.2 Å². The molecular formula is C9H7BrF4O. The quantitative estimate of drug-likeness (QED) is 0.654. The van der Waals surface area contributed by atoms with E-state index in [0.29, 0.717) is 6.07 Å². The molecule has 1 unspecified atom stereocenters. The fraction of sp³-hybridized carbons (Fsp3) is 0.333. The standard InChI is InChI=1S/C9H7BrF4O/c10-4-8(15)6-2-1-5(3-7(6)11)9(12,13)14/h1-3,8,15H,4H2. The Morgan fingerprint density at radius 3 is 2.33 bits per heavy atom. The van der Waals surface area contributed by atoms with Crippen LogP contribution in [0.15, 0.2) is 18.2 Å². The van der Waals surface area contributed by atoms with Gasteiger partial charge in [-0.1, -0.05) is 22.0 Å². The molecule has 0 amide bonds. The predicted octanol–water partition coefficient (Wildman–Crippen LogP) is 3.27. The van der Waals surface area contributed by atoms with Gasteiger partial charge in [0, 0.05) is 10.9 Å². The summed E-state index contributed by atoms with van der Waals surface area (Å²) < 4.78 is 49.6. The molecule has 1 aromatic carbocycles. The van der Waals surface area contributed by atoms with Crippen LogP contribution < -0.4 is 0 Å². The lowest BCUT2D eigenvalue weighted by Gasteiger charge is -2.11. The van der Waals surface area contributed by atoms with Crippen molar-refractivity contribution >= 4 is 15.9 Å². The first-order valence-electron chi connectivity index (χ1n) is 3.97. The van der Waals surface area contributed by atoms with E-state index in [9.17, 15) is 22.7 Å². The maximum Gasteiger partial charge on any atom is 0.416 e. The first-order chi connectivity index (χ1) is 6.86. The van der Waals surface area contributed by atoms with Crippen LogP contribution in [0.4, 0.5) is 17.6 Å². The van der Waals surface area contributed by atoms with Gasteiger partial charge in [0.2, 0.25) is 0 Å². The molecule has 0 saturated carbocycles. The van der Waals surface area contributed by atoms with Crippen molar-refractivity contribution in [2.24, 2.45) is 0 Å². The zero-order chi connectivity index (χ0) is 11.6. The molecule has 0 aliphatic heterocycles. The Morgan fingerprint density at radius 1 is 1.33 bits per heavy atom. The minimum absolute atomic E-state index is 0.0648. The summed E-state index contributed by atoms with van der Waals surface area (Å²) >= 11 is 2.90. The van der Waals surface area contributed by atoms with Gasteiger partial charge in [0.15, 0.2) is 0 Å². The highest BCUT2D eigenvalue weighted by molar-refractivity contribution is 9.09. The molecule has 0 saturated heterocycles. The van der Waals surface area contributed by atoms with Crippen molar-refractivity contribution in [2.75, 3.05) is 5.33 Å². The topological polar surface area (TPSA) is 20.2 Å². The number of halogens is 5. The number of aliphatic hydroxyl groups excluding tert-OH is 1. The molecule has 0 spiro atoms. The van der Waals surface area contributed by atoms with E-state index in [1.54, 1.807) is 0 Å². The van der Waals surface area contributed by atoms with Crippen molar-refractivity contribution in [1.29, 1.82) is 0 Å². The third-order valence-corrected chi connectivity index (χ3v) is 2.45. The average Bonchev–Trinajstić information content (AvgIpc) is 2.15. The van der Waals surface area contributed by atoms with E-state index in [1.165, 1.54) is 0 Å². The Morgan fingerprint density at radius 2 is 1.93 bits per heavy atom. The van der Waals surface area contributed by atoms with Gasteiger partial charge in [0.05, 0.1) is 11.7 Å². The molecule has 6 heteroatoms. The van der Waals surface area contributed by atoms with E-state index in [0.717, 1.165) is 12.1 Å². The van der Waals surface area contributed by atoms with Crippen molar-refractivity contribution < 1.29 is 22.7 Å². The van der Waals surface area contributed by atoms with Gasteiger partial charge in [0.1, 0.15) is 5.82 Å². The largest absolute Gasteiger partial charge is 0.416 e. The van der Waals surface area contributed by atoms with E-state index in [4.69, 9.17) is 0 Å². The molecule has 0 fully saturated rings. The average molecular weight is 287 g/mol. The van der Waals surface area contributed by atoms with Gasteiger partial charge in [-0.25, -0.2) is 4.39 Å². The van der Waals surface area contributed by atoms with E-state index < -0.39 is 23.7 Å². The monoisotopic (exact) mass is 286 g/mol. The Kier molecular flexibility index (Phi) is 3.72. The van der Waals surface area contributed by atoms with Crippen molar-refractivity contribution in [3.8, 4) is 0 Å². The minimum atomic E-state index is -4.57. The summed E-state index contributed by atoms with van der Waals surface area (Å²) in [7, 11) is 0. The Bertz CT molecular complexity index is 350. The number of aliphatic hydroxyl groups is 1. The SMILES string of the molecule is OC(CBr)c1ccc(C(F)(F)F)cc1F. The first kappa shape index (κ1) is 12.4. The van der Waals surface area contributed by atoms with Crippen molar-refractivity contribution in [2.45, 2.75) is 12.3 Å². The fourth-order valence-corrected chi connectivity index (χ4v) is 1.41. The molecule has 0 aliphatic carbocycles. The molecule has 1 aromatic rings.